The number of anilines is 1. The molecular formula is C11H11BrClF2NO. The Bertz CT molecular complexity index is 413. The summed E-state index contributed by atoms with van der Waals surface area (Å²) in [5.41, 5.74) is 0.509. The van der Waals surface area contributed by atoms with Gasteiger partial charge in [-0.3, -0.25) is 0 Å². The minimum absolute atomic E-state index is 0.108. The average Bonchev–Trinajstić information content (AvgIpc) is 2.16. The van der Waals surface area contributed by atoms with E-state index in [0.29, 0.717) is 21.2 Å². The Balaban J connectivity index is 2.25. The van der Waals surface area contributed by atoms with Crippen LogP contribution in [0.25, 0.3) is 0 Å². The van der Waals surface area contributed by atoms with Gasteiger partial charge < -0.3 is 10.1 Å². The van der Waals surface area contributed by atoms with Crippen LogP contribution in [0.5, 0.6) is 5.75 Å². The van der Waals surface area contributed by atoms with Crippen LogP contribution in [0.15, 0.2) is 16.6 Å². The summed E-state index contributed by atoms with van der Waals surface area (Å²) in [5, 5.41) is 3.63. The molecule has 0 heterocycles. The normalized spacial score (nSPS) is 15.8. The van der Waals surface area contributed by atoms with Crippen LogP contribution in [0.3, 0.4) is 0 Å². The predicted molar refractivity (Wildman–Crippen MR) is 67.0 cm³/mol. The molecule has 0 aromatic heterocycles. The van der Waals surface area contributed by atoms with E-state index >= 15 is 0 Å². The molecule has 0 bridgehead atoms. The third-order valence-electron chi connectivity index (χ3n) is 2.68. The summed E-state index contributed by atoms with van der Waals surface area (Å²) in [6.07, 6.45) is 3.24. The van der Waals surface area contributed by atoms with Gasteiger partial charge in [-0.15, -0.1) is 0 Å². The Labute approximate surface area is 111 Å². The largest absolute Gasteiger partial charge is 0.431 e. The molecule has 0 spiro atoms. The highest BCUT2D eigenvalue weighted by atomic mass is 79.9. The molecule has 1 aliphatic rings. The van der Waals surface area contributed by atoms with E-state index in [1.165, 1.54) is 6.07 Å². The number of alkyl halides is 2. The van der Waals surface area contributed by atoms with Crippen LogP contribution in [0, 0.1) is 0 Å². The quantitative estimate of drug-likeness (QED) is 0.868. The molecule has 0 saturated heterocycles. The summed E-state index contributed by atoms with van der Waals surface area (Å²) in [6, 6.07) is 3.45. The number of nitrogens with one attached hydrogen (secondary N) is 1. The van der Waals surface area contributed by atoms with E-state index in [1.54, 1.807) is 6.07 Å². The number of benzene rings is 1. The highest BCUT2D eigenvalue weighted by molar-refractivity contribution is 9.10. The summed E-state index contributed by atoms with van der Waals surface area (Å²) in [6.45, 7) is -2.85. The Morgan fingerprint density at radius 3 is 2.65 bits per heavy atom. The van der Waals surface area contributed by atoms with Crippen molar-refractivity contribution in [3.8, 4) is 5.75 Å². The summed E-state index contributed by atoms with van der Waals surface area (Å²) < 4.78 is 29.5. The first-order chi connectivity index (χ1) is 8.06. The zero-order valence-electron chi connectivity index (χ0n) is 8.85. The fraction of sp³-hybridized carbons (Fsp3) is 0.455. The molecular weight excluding hydrogens is 315 g/mol. The zero-order chi connectivity index (χ0) is 12.4. The smallest absolute Gasteiger partial charge is 0.387 e. The van der Waals surface area contributed by atoms with Crippen LogP contribution >= 0.6 is 27.5 Å². The number of hydrogen-bond donors (Lipinski definition) is 1. The fourth-order valence-electron chi connectivity index (χ4n) is 1.65. The van der Waals surface area contributed by atoms with Gasteiger partial charge in [-0.25, -0.2) is 0 Å². The molecule has 1 aliphatic carbocycles. The molecule has 0 atom stereocenters. The van der Waals surface area contributed by atoms with Gasteiger partial charge >= 0.3 is 6.61 Å². The second-order valence-corrected chi connectivity index (χ2v) is 5.21. The third kappa shape index (κ3) is 3.22. The van der Waals surface area contributed by atoms with Gasteiger partial charge in [0.2, 0.25) is 0 Å². The molecule has 1 aromatic rings. The Morgan fingerprint density at radius 2 is 2.12 bits per heavy atom. The molecule has 1 N–H and O–H groups in total. The molecule has 94 valence electrons. The number of ether oxygens (including phenoxy) is 1. The first kappa shape index (κ1) is 12.9. The fourth-order valence-corrected chi connectivity index (χ4v) is 2.55. The molecule has 1 aromatic carbocycles. The maximum Gasteiger partial charge on any atom is 0.387 e. The summed E-state index contributed by atoms with van der Waals surface area (Å²) in [4.78, 5) is 0. The van der Waals surface area contributed by atoms with Gasteiger partial charge in [0, 0.05) is 11.1 Å². The highest BCUT2D eigenvalue weighted by Gasteiger charge is 2.21. The maximum absolute atomic E-state index is 12.3. The van der Waals surface area contributed by atoms with Crippen LogP contribution in [0.1, 0.15) is 19.3 Å². The van der Waals surface area contributed by atoms with Crippen molar-refractivity contribution in [2.45, 2.75) is 31.9 Å². The Kier molecular flexibility index (Phi) is 4.09. The van der Waals surface area contributed by atoms with Gasteiger partial charge in [-0.05, 0) is 47.3 Å². The number of rotatable bonds is 4. The molecule has 0 unspecified atom stereocenters. The van der Waals surface area contributed by atoms with Crippen LogP contribution in [-0.2, 0) is 0 Å². The summed E-state index contributed by atoms with van der Waals surface area (Å²) >= 11 is 9.06. The van der Waals surface area contributed by atoms with E-state index in [2.05, 4.69) is 26.0 Å². The van der Waals surface area contributed by atoms with Crippen molar-refractivity contribution >= 4 is 33.2 Å². The van der Waals surface area contributed by atoms with E-state index in [0.717, 1.165) is 19.3 Å². The highest BCUT2D eigenvalue weighted by Crippen LogP contribution is 2.39. The molecule has 2 nitrogen and oxygen atoms in total. The van der Waals surface area contributed by atoms with E-state index in [4.69, 9.17) is 11.6 Å². The van der Waals surface area contributed by atoms with Crippen molar-refractivity contribution in [1.29, 1.82) is 0 Å². The molecule has 6 heteroatoms. The Hall–Kier alpha value is -0.550. The van der Waals surface area contributed by atoms with Crippen molar-refractivity contribution < 1.29 is 13.5 Å². The topological polar surface area (TPSA) is 21.3 Å². The number of halogens is 4. The van der Waals surface area contributed by atoms with Crippen molar-refractivity contribution in [3.63, 3.8) is 0 Å². The lowest BCUT2D eigenvalue weighted by Crippen LogP contribution is -2.27. The van der Waals surface area contributed by atoms with E-state index < -0.39 is 6.61 Å². The molecule has 0 radical (unpaired) electrons. The van der Waals surface area contributed by atoms with Crippen LogP contribution in [-0.4, -0.2) is 12.7 Å². The van der Waals surface area contributed by atoms with Crippen LogP contribution < -0.4 is 10.1 Å². The standard InChI is InChI=1S/C11H11BrClF2NO/c12-8-4-6(13)5-9(10(8)17-11(14)15)16-7-2-1-3-7/h4-5,7,11,16H,1-3H2. The van der Waals surface area contributed by atoms with Gasteiger partial charge in [0.05, 0.1) is 10.2 Å². The Morgan fingerprint density at radius 1 is 1.41 bits per heavy atom. The second-order valence-electron chi connectivity index (χ2n) is 3.91. The molecule has 1 saturated carbocycles. The van der Waals surface area contributed by atoms with Gasteiger partial charge in [-0.2, -0.15) is 8.78 Å². The van der Waals surface area contributed by atoms with Crippen molar-refractivity contribution in [3.05, 3.63) is 21.6 Å². The lowest BCUT2D eigenvalue weighted by atomic mass is 9.93. The van der Waals surface area contributed by atoms with Crippen LogP contribution in [0.2, 0.25) is 5.02 Å². The predicted octanol–water partition coefficient (Wildman–Crippen LogP) is 4.67. The third-order valence-corrected chi connectivity index (χ3v) is 3.49. The van der Waals surface area contributed by atoms with Gasteiger partial charge in [-0.1, -0.05) is 11.6 Å². The first-order valence-corrected chi connectivity index (χ1v) is 6.44. The summed E-state index contributed by atoms with van der Waals surface area (Å²) in [5.74, 6) is 0.108. The number of hydrogen-bond acceptors (Lipinski definition) is 2. The van der Waals surface area contributed by atoms with Gasteiger partial charge in [0.15, 0.2) is 5.75 Å². The molecule has 0 amide bonds. The molecule has 0 aliphatic heterocycles. The molecule has 17 heavy (non-hydrogen) atoms. The lowest BCUT2D eigenvalue weighted by Gasteiger charge is -2.28. The summed E-state index contributed by atoms with van der Waals surface area (Å²) in [7, 11) is 0. The van der Waals surface area contributed by atoms with E-state index in [9.17, 15) is 8.78 Å². The minimum atomic E-state index is -2.85. The SMILES string of the molecule is FC(F)Oc1c(Br)cc(Cl)cc1NC1CCC1. The van der Waals surface area contributed by atoms with E-state index in [-0.39, 0.29) is 5.75 Å². The van der Waals surface area contributed by atoms with E-state index in [1.807, 2.05) is 0 Å². The van der Waals surface area contributed by atoms with Crippen molar-refractivity contribution in [2.75, 3.05) is 5.32 Å². The lowest BCUT2D eigenvalue weighted by molar-refractivity contribution is -0.0499. The van der Waals surface area contributed by atoms with Crippen molar-refractivity contribution in [2.24, 2.45) is 0 Å². The van der Waals surface area contributed by atoms with Gasteiger partial charge in [0.1, 0.15) is 0 Å². The maximum atomic E-state index is 12.3. The monoisotopic (exact) mass is 325 g/mol. The van der Waals surface area contributed by atoms with Crippen LogP contribution in [0.4, 0.5) is 14.5 Å². The van der Waals surface area contributed by atoms with Gasteiger partial charge in [0.25, 0.3) is 0 Å². The molecule has 1 fully saturated rings. The average molecular weight is 327 g/mol. The minimum Gasteiger partial charge on any atom is -0.431 e. The molecule has 2 rings (SSSR count). The second kappa shape index (κ2) is 5.40. The first-order valence-electron chi connectivity index (χ1n) is 5.26. The zero-order valence-corrected chi connectivity index (χ0v) is 11.2. The van der Waals surface area contributed by atoms with Crippen molar-refractivity contribution in [1.82, 2.24) is 0 Å².